The fraction of sp³-hybridized carbons (Fsp3) is 0.333. The number of nitrogens with one attached hydrogen (secondary N) is 1. The van der Waals surface area contributed by atoms with Crippen LogP contribution in [0.2, 0.25) is 5.02 Å². The molecule has 202 valence electrons. The minimum absolute atomic E-state index is 0.204. The van der Waals surface area contributed by atoms with Gasteiger partial charge in [0.15, 0.2) is 6.61 Å². The van der Waals surface area contributed by atoms with Crippen LogP contribution in [-0.4, -0.2) is 49.1 Å². The van der Waals surface area contributed by atoms with Crippen molar-refractivity contribution in [2.45, 2.75) is 45.3 Å². The smallest absolute Gasteiger partial charge is 0.261 e. The molecule has 8 heteroatoms. The molecular weight excluding hydrogens is 504 g/mol. The Hall–Kier alpha value is -3.71. The van der Waals surface area contributed by atoms with Crippen LogP contribution >= 0.6 is 11.6 Å². The van der Waals surface area contributed by atoms with Gasteiger partial charge >= 0.3 is 0 Å². The van der Waals surface area contributed by atoms with E-state index in [1.807, 2.05) is 63.2 Å². The summed E-state index contributed by atoms with van der Waals surface area (Å²) in [5, 5.41) is 3.64. The summed E-state index contributed by atoms with van der Waals surface area (Å²) in [5.74, 6) is 0.908. The van der Waals surface area contributed by atoms with Gasteiger partial charge in [-0.2, -0.15) is 0 Å². The highest BCUT2D eigenvalue weighted by molar-refractivity contribution is 6.30. The number of nitrogens with zero attached hydrogens (tertiary/aromatic N) is 1. The summed E-state index contributed by atoms with van der Waals surface area (Å²) >= 11 is 6.09. The minimum Gasteiger partial charge on any atom is -0.496 e. The lowest BCUT2D eigenvalue weighted by atomic mass is 10.0. The van der Waals surface area contributed by atoms with E-state index >= 15 is 0 Å². The van der Waals surface area contributed by atoms with E-state index in [-0.39, 0.29) is 25.0 Å². The van der Waals surface area contributed by atoms with Gasteiger partial charge in [-0.05, 0) is 44.0 Å². The van der Waals surface area contributed by atoms with Gasteiger partial charge in [-0.1, -0.05) is 54.1 Å². The van der Waals surface area contributed by atoms with Gasteiger partial charge in [0, 0.05) is 41.7 Å². The highest BCUT2D eigenvalue weighted by Crippen LogP contribution is 2.27. The van der Waals surface area contributed by atoms with Crippen LogP contribution in [0.4, 0.5) is 0 Å². The standard InChI is InChI=1S/C30H35ClN2O5/c1-30(2,3)32-29(35)27(15-21-9-7-6-8-10-21)33(19-22-11-13-23(31)14-12-22)28(34)20-38-26-17-24(36-4)16-25(18-26)37-5/h6-14,16-18,27H,15,19-20H2,1-5H3,(H,32,35)/t27-/m0/s1. The van der Waals surface area contributed by atoms with Gasteiger partial charge in [-0.3, -0.25) is 9.59 Å². The topological polar surface area (TPSA) is 77.1 Å². The van der Waals surface area contributed by atoms with Crippen LogP contribution in [0.25, 0.3) is 0 Å². The fourth-order valence-electron chi connectivity index (χ4n) is 3.89. The Balaban J connectivity index is 1.93. The molecule has 0 aliphatic heterocycles. The number of benzene rings is 3. The summed E-state index contributed by atoms with van der Waals surface area (Å²) < 4.78 is 16.5. The van der Waals surface area contributed by atoms with E-state index in [4.69, 9.17) is 25.8 Å². The van der Waals surface area contributed by atoms with Crippen molar-refractivity contribution in [1.29, 1.82) is 0 Å². The molecule has 0 aliphatic rings. The van der Waals surface area contributed by atoms with Crippen molar-refractivity contribution >= 4 is 23.4 Å². The quantitative estimate of drug-likeness (QED) is 0.359. The largest absolute Gasteiger partial charge is 0.496 e. The molecule has 0 spiro atoms. The number of halogens is 1. The summed E-state index contributed by atoms with van der Waals surface area (Å²) in [6.07, 6.45) is 0.342. The van der Waals surface area contributed by atoms with Gasteiger partial charge in [0.2, 0.25) is 5.91 Å². The van der Waals surface area contributed by atoms with Crippen LogP contribution in [0.15, 0.2) is 72.8 Å². The second-order valence-electron chi connectivity index (χ2n) is 9.93. The first kappa shape index (κ1) is 28.9. The predicted molar refractivity (Wildman–Crippen MR) is 149 cm³/mol. The molecule has 3 aromatic carbocycles. The molecule has 2 amide bonds. The van der Waals surface area contributed by atoms with E-state index in [2.05, 4.69) is 5.32 Å². The van der Waals surface area contributed by atoms with Crippen LogP contribution in [0.1, 0.15) is 31.9 Å². The average Bonchev–Trinajstić information content (AvgIpc) is 2.89. The third-order valence-electron chi connectivity index (χ3n) is 5.72. The molecule has 0 bridgehead atoms. The Morgan fingerprint density at radius 3 is 2.00 bits per heavy atom. The van der Waals surface area contributed by atoms with Gasteiger partial charge in [0.25, 0.3) is 5.91 Å². The molecule has 0 aromatic heterocycles. The predicted octanol–water partition coefficient (Wildman–Crippen LogP) is 5.29. The van der Waals surface area contributed by atoms with Crippen LogP contribution < -0.4 is 19.5 Å². The second-order valence-corrected chi connectivity index (χ2v) is 10.4. The molecule has 0 radical (unpaired) electrons. The molecule has 38 heavy (non-hydrogen) atoms. The van der Waals surface area contributed by atoms with Gasteiger partial charge < -0.3 is 24.4 Å². The van der Waals surface area contributed by atoms with E-state index in [0.717, 1.165) is 11.1 Å². The number of carbonyl (C=O) groups is 2. The normalized spacial score (nSPS) is 11.8. The first-order valence-electron chi connectivity index (χ1n) is 12.3. The van der Waals surface area contributed by atoms with E-state index in [1.165, 1.54) is 0 Å². The maximum atomic E-state index is 13.7. The lowest BCUT2D eigenvalue weighted by Gasteiger charge is -2.33. The van der Waals surface area contributed by atoms with Crippen molar-refractivity contribution in [1.82, 2.24) is 10.2 Å². The highest BCUT2D eigenvalue weighted by Gasteiger charge is 2.32. The maximum absolute atomic E-state index is 13.7. The first-order chi connectivity index (χ1) is 18.1. The summed E-state index contributed by atoms with van der Waals surface area (Å²) in [4.78, 5) is 28.9. The first-order valence-corrected chi connectivity index (χ1v) is 12.7. The van der Waals surface area contributed by atoms with Gasteiger partial charge in [0.05, 0.1) is 14.2 Å². The Morgan fingerprint density at radius 2 is 1.45 bits per heavy atom. The molecular formula is C30H35ClN2O5. The molecule has 0 saturated heterocycles. The number of rotatable bonds is 11. The summed E-state index contributed by atoms with van der Waals surface area (Å²) in [6, 6.07) is 21.1. The fourth-order valence-corrected chi connectivity index (χ4v) is 4.01. The summed E-state index contributed by atoms with van der Waals surface area (Å²) in [7, 11) is 3.08. The van der Waals surface area contributed by atoms with Crippen LogP contribution in [0.3, 0.4) is 0 Å². The Kier molecular flexibility index (Phi) is 10.0. The van der Waals surface area contributed by atoms with Crippen LogP contribution in [0.5, 0.6) is 17.2 Å². The van der Waals surface area contributed by atoms with E-state index in [1.54, 1.807) is 49.5 Å². The number of amides is 2. The molecule has 1 N–H and O–H groups in total. The molecule has 0 saturated carbocycles. The van der Waals surface area contributed by atoms with Gasteiger partial charge in [-0.15, -0.1) is 0 Å². The van der Waals surface area contributed by atoms with Crippen molar-refractivity contribution in [3.63, 3.8) is 0 Å². The molecule has 0 heterocycles. The van der Waals surface area contributed by atoms with Crippen molar-refractivity contribution in [2.75, 3.05) is 20.8 Å². The van der Waals surface area contributed by atoms with E-state index in [9.17, 15) is 9.59 Å². The highest BCUT2D eigenvalue weighted by atomic mass is 35.5. The van der Waals surface area contributed by atoms with Crippen molar-refractivity contribution in [3.05, 3.63) is 88.9 Å². The number of ether oxygens (including phenoxy) is 3. The van der Waals surface area contributed by atoms with Gasteiger partial charge in [0.1, 0.15) is 23.3 Å². The van der Waals surface area contributed by atoms with Crippen LogP contribution in [0, 0.1) is 0 Å². The number of hydrogen-bond donors (Lipinski definition) is 1. The zero-order chi connectivity index (χ0) is 27.7. The maximum Gasteiger partial charge on any atom is 0.261 e. The summed E-state index contributed by atoms with van der Waals surface area (Å²) in [6.45, 7) is 5.66. The van der Waals surface area contributed by atoms with Gasteiger partial charge in [-0.25, -0.2) is 0 Å². The summed E-state index contributed by atoms with van der Waals surface area (Å²) in [5.41, 5.74) is 1.30. The number of methoxy groups -OCH3 is 2. The molecule has 3 rings (SSSR count). The molecule has 0 aliphatic carbocycles. The van der Waals surface area contributed by atoms with E-state index in [0.29, 0.717) is 28.7 Å². The average molecular weight is 539 g/mol. The Bertz CT molecular complexity index is 1190. The van der Waals surface area contributed by atoms with Crippen molar-refractivity contribution < 1.29 is 23.8 Å². The molecule has 0 unspecified atom stereocenters. The zero-order valence-corrected chi connectivity index (χ0v) is 23.2. The van der Waals surface area contributed by atoms with Crippen LogP contribution in [-0.2, 0) is 22.6 Å². The lowest BCUT2D eigenvalue weighted by molar-refractivity contribution is -0.143. The lowest BCUT2D eigenvalue weighted by Crippen LogP contribution is -2.55. The van der Waals surface area contributed by atoms with Crippen molar-refractivity contribution in [2.24, 2.45) is 0 Å². The zero-order valence-electron chi connectivity index (χ0n) is 22.5. The third-order valence-corrected chi connectivity index (χ3v) is 5.97. The molecule has 1 atom stereocenters. The molecule has 7 nitrogen and oxygen atoms in total. The minimum atomic E-state index is -0.775. The second kappa shape index (κ2) is 13.2. The number of hydrogen-bond acceptors (Lipinski definition) is 5. The SMILES string of the molecule is COc1cc(OC)cc(OCC(=O)N(Cc2ccc(Cl)cc2)[C@@H](Cc2ccccc2)C(=O)NC(C)(C)C)c1. The molecule has 0 fully saturated rings. The van der Waals surface area contributed by atoms with Crippen molar-refractivity contribution in [3.8, 4) is 17.2 Å². The Labute approximate surface area is 229 Å². The number of carbonyl (C=O) groups excluding carboxylic acids is 2. The Morgan fingerprint density at radius 1 is 0.868 bits per heavy atom. The third kappa shape index (κ3) is 8.70. The monoisotopic (exact) mass is 538 g/mol. The van der Waals surface area contributed by atoms with E-state index < -0.39 is 11.6 Å². The molecule has 3 aromatic rings.